The largest absolute Gasteiger partial charge is 0.369 e. The molecule has 1 fully saturated rings. The molecule has 0 atom stereocenters. The predicted molar refractivity (Wildman–Crippen MR) is 86.5 cm³/mol. The molecule has 23 heavy (non-hydrogen) atoms. The predicted octanol–water partition coefficient (Wildman–Crippen LogP) is -0.220. The van der Waals surface area contributed by atoms with Gasteiger partial charge in [0.05, 0.1) is 6.54 Å². The van der Waals surface area contributed by atoms with Gasteiger partial charge in [0.1, 0.15) is 5.82 Å². The number of aromatic nitrogens is 3. The van der Waals surface area contributed by atoms with Crippen LogP contribution in [0.5, 0.6) is 0 Å². The van der Waals surface area contributed by atoms with Gasteiger partial charge in [-0.3, -0.25) is 9.78 Å². The van der Waals surface area contributed by atoms with Crippen LogP contribution in [0.4, 0.5) is 5.69 Å². The molecule has 8 nitrogen and oxygen atoms in total. The fourth-order valence-electron chi connectivity index (χ4n) is 2.54. The van der Waals surface area contributed by atoms with Crippen LogP contribution >= 0.6 is 0 Å². The van der Waals surface area contributed by atoms with Crippen molar-refractivity contribution in [1.29, 1.82) is 0 Å². The fraction of sp³-hybridized carbons (Fsp3) is 0.400. The van der Waals surface area contributed by atoms with E-state index in [-0.39, 0.29) is 18.1 Å². The molecule has 1 amide bonds. The van der Waals surface area contributed by atoms with Crippen molar-refractivity contribution in [2.45, 2.75) is 6.54 Å². The second kappa shape index (κ2) is 6.66. The van der Waals surface area contributed by atoms with Crippen LogP contribution in [-0.4, -0.2) is 59.2 Å². The lowest BCUT2D eigenvalue weighted by atomic mass is 10.1. The maximum atomic E-state index is 12.1. The highest BCUT2D eigenvalue weighted by molar-refractivity contribution is 5.94. The van der Waals surface area contributed by atoms with E-state index in [0.717, 1.165) is 31.9 Å². The van der Waals surface area contributed by atoms with Crippen LogP contribution in [0, 0.1) is 0 Å². The Morgan fingerprint density at radius 3 is 2.52 bits per heavy atom. The summed E-state index contributed by atoms with van der Waals surface area (Å²) in [6, 6.07) is 7.57. The summed E-state index contributed by atoms with van der Waals surface area (Å²) >= 11 is 0. The normalized spacial score (nSPS) is 15.6. The van der Waals surface area contributed by atoms with Gasteiger partial charge in [-0.2, -0.15) is 5.10 Å². The van der Waals surface area contributed by atoms with E-state index in [1.807, 2.05) is 24.3 Å². The first-order valence-electron chi connectivity index (χ1n) is 7.57. The van der Waals surface area contributed by atoms with E-state index in [2.05, 4.69) is 37.3 Å². The molecule has 1 aliphatic heterocycles. The van der Waals surface area contributed by atoms with Crippen LogP contribution in [0.2, 0.25) is 0 Å². The number of carbonyl (C=O) groups excluding carboxylic acids is 1. The van der Waals surface area contributed by atoms with Crippen LogP contribution in [0.1, 0.15) is 16.2 Å². The lowest BCUT2D eigenvalue weighted by Crippen LogP contribution is -2.44. The number of anilines is 1. The molecule has 0 bridgehead atoms. The van der Waals surface area contributed by atoms with Gasteiger partial charge in [0, 0.05) is 37.4 Å². The van der Waals surface area contributed by atoms with Crippen LogP contribution in [0.3, 0.4) is 0 Å². The minimum atomic E-state index is -0.384. The molecule has 3 rings (SSSR count). The zero-order valence-corrected chi connectivity index (χ0v) is 13.0. The molecule has 122 valence electrons. The Morgan fingerprint density at radius 2 is 1.91 bits per heavy atom. The van der Waals surface area contributed by atoms with Gasteiger partial charge < -0.3 is 15.1 Å². The number of aromatic amines is 2. The first kappa shape index (κ1) is 15.3. The molecule has 1 saturated heterocycles. The van der Waals surface area contributed by atoms with Crippen molar-refractivity contribution in [2.24, 2.45) is 0 Å². The Morgan fingerprint density at radius 1 is 1.22 bits per heavy atom. The monoisotopic (exact) mass is 316 g/mol. The summed E-state index contributed by atoms with van der Waals surface area (Å²) in [6.45, 7) is 4.26. The van der Waals surface area contributed by atoms with Gasteiger partial charge in [0.25, 0.3) is 5.91 Å². The number of nitrogens with zero attached hydrogens (tertiary/aromatic N) is 3. The van der Waals surface area contributed by atoms with E-state index in [9.17, 15) is 9.59 Å². The number of hydrogen-bond donors (Lipinski definition) is 3. The average molecular weight is 316 g/mol. The lowest BCUT2D eigenvalue weighted by molar-refractivity contribution is 0.0950. The molecule has 0 aliphatic carbocycles. The Balaban J connectivity index is 1.58. The molecular formula is C15H20N6O2. The number of amides is 1. The Hall–Kier alpha value is -2.61. The van der Waals surface area contributed by atoms with Crippen molar-refractivity contribution in [1.82, 2.24) is 25.4 Å². The third-order valence-electron chi connectivity index (χ3n) is 3.96. The van der Waals surface area contributed by atoms with Gasteiger partial charge >= 0.3 is 5.69 Å². The lowest BCUT2D eigenvalue weighted by Gasteiger charge is -2.34. The molecule has 0 spiro atoms. The highest BCUT2D eigenvalue weighted by atomic mass is 16.2. The van der Waals surface area contributed by atoms with Crippen molar-refractivity contribution in [2.75, 3.05) is 38.1 Å². The summed E-state index contributed by atoms with van der Waals surface area (Å²) in [4.78, 5) is 30.1. The zero-order chi connectivity index (χ0) is 16.2. The van der Waals surface area contributed by atoms with Crippen molar-refractivity contribution >= 4 is 11.6 Å². The fourth-order valence-corrected chi connectivity index (χ4v) is 2.54. The number of rotatable bonds is 4. The molecule has 0 unspecified atom stereocenters. The summed E-state index contributed by atoms with van der Waals surface area (Å²) in [5, 5.41) is 8.72. The number of nitrogens with one attached hydrogen (secondary N) is 3. The summed E-state index contributed by atoms with van der Waals surface area (Å²) in [7, 11) is 2.12. The van der Waals surface area contributed by atoms with Crippen molar-refractivity contribution in [3.05, 3.63) is 46.1 Å². The Labute approximate surface area is 133 Å². The minimum absolute atomic E-state index is 0.178. The van der Waals surface area contributed by atoms with E-state index in [0.29, 0.717) is 11.4 Å². The third-order valence-corrected chi connectivity index (χ3v) is 3.96. The van der Waals surface area contributed by atoms with Gasteiger partial charge in [-0.25, -0.2) is 9.89 Å². The summed E-state index contributed by atoms with van der Waals surface area (Å²) < 4.78 is 0. The number of benzene rings is 1. The van der Waals surface area contributed by atoms with E-state index >= 15 is 0 Å². The topological polar surface area (TPSA) is 97.1 Å². The minimum Gasteiger partial charge on any atom is -0.369 e. The first-order valence-corrected chi connectivity index (χ1v) is 7.57. The molecule has 2 aromatic rings. The number of carbonyl (C=O) groups is 1. The molecule has 1 aromatic carbocycles. The molecular weight excluding hydrogens is 296 g/mol. The molecule has 1 aromatic heterocycles. The van der Waals surface area contributed by atoms with Crippen LogP contribution < -0.4 is 15.9 Å². The van der Waals surface area contributed by atoms with Crippen LogP contribution in [0.25, 0.3) is 0 Å². The average Bonchev–Trinajstić information content (AvgIpc) is 2.99. The smallest absolute Gasteiger partial charge is 0.340 e. The first-order chi connectivity index (χ1) is 11.1. The zero-order valence-electron chi connectivity index (χ0n) is 13.0. The number of piperazine rings is 1. The molecule has 2 heterocycles. The summed E-state index contributed by atoms with van der Waals surface area (Å²) in [5.74, 6) is 0.205. The van der Waals surface area contributed by atoms with Gasteiger partial charge in [-0.1, -0.05) is 0 Å². The van der Waals surface area contributed by atoms with Gasteiger partial charge in [0.2, 0.25) is 0 Å². The Bertz CT molecular complexity index is 712. The highest BCUT2D eigenvalue weighted by Crippen LogP contribution is 2.17. The summed E-state index contributed by atoms with van der Waals surface area (Å²) in [6.07, 6.45) is 0. The van der Waals surface area contributed by atoms with Crippen molar-refractivity contribution < 1.29 is 4.79 Å². The second-order valence-corrected chi connectivity index (χ2v) is 5.64. The van der Waals surface area contributed by atoms with Crippen molar-refractivity contribution in [3.63, 3.8) is 0 Å². The SMILES string of the molecule is CN1CCN(c2ccc(C(=O)NCc3n[nH]c(=O)[nH]3)cc2)CC1. The number of hydrogen-bond acceptors (Lipinski definition) is 5. The molecule has 3 N–H and O–H groups in total. The number of H-pyrrole nitrogens is 2. The van der Waals surface area contributed by atoms with Gasteiger partial charge in [0.15, 0.2) is 0 Å². The van der Waals surface area contributed by atoms with Crippen molar-refractivity contribution in [3.8, 4) is 0 Å². The number of likely N-dealkylation sites (N-methyl/N-ethyl adjacent to an activating group) is 1. The van der Waals surface area contributed by atoms with Crippen LogP contribution in [0.15, 0.2) is 29.1 Å². The maximum absolute atomic E-state index is 12.1. The summed E-state index contributed by atoms with van der Waals surface area (Å²) in [5.41, 5.74) is 1.33. The standard InChI is InChI=1S/C15H20N6O2/c1-20-6-8-21(9-7-20)12-4-2-11(3-5-12)14(22)16-10-13-17-15(23)19-18-13/h2-5H,6-10H2,1H3,(H,16,22)(H2,17,18,19,23). The van der Waals surface area contributed by atoms with Gasteiger partial charge in [-0.05, 0) is 31.3 Å². The van der Waals surface area contributed by atoms with Crippen LogP contribution in [-0.2, 0) is 6.54 Å². The molecule has 0 radical (unpaired) electrons. The van der Waals surface area contributed by atoms with E-state index in [1.54, 1.807) is 0 Å². The van der Waals surface area contributed by atoms with Gasteiger partial charge in [-0.15, -0.1) is 0 Å². The molecule has 1 aliphatic rings. The molecule has 0 saturated carbocycles. The van der Waals surface area contributed by atoms with E-state index in [1.165, 1.54) is 0 Å². The quantitative estimate of drug-likeness (QED) is 0.724. The van der Waals surface area contributed by atoms with E-state index in [4.69, 9.17) is 0 Å². The third kappa shape index (κ3) is 3.78. The Kier molecular flexibility index (Phi) is 4.42. The molecule has 8 heteroatoms. The van der Waals surface area contributed by atoms with E-state index < -0.39 is 0 Å². The highest BCUT2D eigenvalue weighted by Gasteiger charge is 2.14. The maximum Gasteiger partial charge on any atom is 0.340 e. The second-order valence-electron chi connectivity index (χ2n) is 5.64.